The summed E-state index contributed by atoms with van der Waals surface area (Å²) >= 11 is 0. The maximum atomic E-state index is 5.15. The number of methoxy groups -OCH3 is 1. The molecular weight excluding hydrogens is 417 g/mol. The Balaban J connectivity index is 0.00000288. The van der Waals surface area contributed by atoms with E-state index in [2.05, 4.69) is 52.1 Å². The van der Waals surface area contributed by atoms with Crippen molar-refractivity contribution >= 4 is 29.9 Å². The summed E-state index contributed by atoms with van der Waals surface area (Å²) in [6.45, 7) is 4.28. The van der Waals surface area contributed by atoms with Crippen molar-refractivity contribution in [1.82, 2.24) is 19.8 Å². The van der Waals surface area contributed by atoms with Gasteiger partial charge >= 0.3 is 0 Å². The first-order valence-corrected chi connectivity index (χ1v) is 7.72. The van der Waals surface area contributed by atoms with E-state index in [-0.39, 0.29) is 24.0 Å². The number of pyridine rings is 1. The summed E-state index contributed by atoms with van der Waals surface area (Å²) in [4.78, 5) is 10.9. The highest BCUT2D eigenvalue weighted by atomic mass is 127. The summed E-state index contributed by atoms with van der Waals surface area (Å²) in [5.74, 6) is 1.49. The largest absolute Gasteiger partial charge is 0.481 e. The van der Waals surface area contributed by atoms with Crippen LogP contribution in [0.2, 0.25) is 0 Å². The minimum Gasteiger partial charge on any atom is -0.481 e. The topological polar surface area (TPSA) is 54.7 Å². The molecule has 0 amide bonds. The molecule has 2 heterocycles. The van der Waals surface area contributed by atoms with E-state index < -0.39 is 0 Å². The molecule has 2 aromatic rings. The molecule has 132 valence electrons. The lowest BCUT2D eigenvalue weighted by molar-refractivity contribution is 0.397. The molecule has 0 saturated heterocycles. The second-order valence-corrected chi connectivity index (χ2v) is 5.34. The van der Waals surface area contributed by atoms with E-state index in [1.807, 2.05) is 19.2 Å². The molecule has 0 aliphatic carbocycles. The molecule has 2 aromatic heterocycles. The fourth-order valence-electron chi connectivity index (χ4n) is 2.27. The number of guanidine groups is 1. The summed E-state index contributed by atoms with van der Waals surface area (Å²) in [5, 5.41) is 3.33. The molecule has 0 radical (unpaired) electrons. The molecule has 0 atom stereocenters. The van der Waals surface area contributed by atoms with E-state index in [4.69, 9.17) is 9.73 Å². The van der Waals surface area contributed by atoms with Gasteiger partial charge in [-0.05, 0) is 30.7 Å². The second-order valence-electron chi connectivity index (χ2n) is 5.34. The minimum absolute atomic E-state index is 0. The zero-order valence-corrected chi connectivity index (χ0v) is 17.0. The Hall–Kier alpha value is -1.77. The van der Waals surface area contributed by atoms with Crippen LogP contribution in [0.5, 0.6) is 5.88 Å². The predicted molar refractivity (Wildman–Crippen MR) is 108 cm³/mol. The first-order valence-electron chi connectivity index (χ1n) is 7.72. The van der Waals surface area contributed by atoms with Crippen molar-refractivity contribution in [3.63, 3.8) is 0 Å². The number of hydrogen-bond donors (Lipinski definition) is 1. The molecule has 6 nitrogen and oxygen atoms in total. The third-order valence-electron chi connectivity index (χ3n) is 3.57. The average molecular weight is 443 g/mol. The van der Waals surface area contributed by atoms with Gasteiger partial charge in [-0.15, -0.1) is 24.0 Å². The standard InChI is InChI=1S/C17H25N5O.HI/c1-5-18-17(22(3)13-15-7-6-10-21(15)2)20-12-14-8-9-19-16(11-14)23-4;/h6-11H,5,12-13H2,1-4H3,(H,18,20);1H. The number of halogens is 1. The number of nitrogens with zero attached hydrogens (tertiary/aromatic N) is 4. The molecule has 2 rings (SSSR count). The fourth-order valence-corrected chi connectivity index (χ4v) is 2.27. The van der Waals surface area contributed by atoms with E-state index in [1.165, 1.54) is 5.69 Å². The van der Waals surface area contributed by atoms with Gasteiger partial charge in [-0.2, -0.15) is 0 Å². The third-order valence-corrected chi connectivity index (χ3v) is 3.57. The number of rotatable bonds is 6. The van der Waals surface area contributed by atoms with Gasteiger partial charge in [-0.25, -0.2) is 9.98 Å². The van der Waals surface area contributed by atoms with Gasteiger partial charge in [0, 0.05) is 44.8 Å². The number of hydrogen-bond acceptors (Lipinski definition) is 3. The average Bonchev–Trinajstić information content (AvgIpc) is 2.96. The Morgan fingerprint density at radius 1 is 1.42 bits per heavy atom. The molecule has 0 aliphatic rings. The van der Waals surface area contributed by atoms with Gasteiger partial charge in [0.25, 0.3) is 0 Å². The lowest BCUT2D eigenvalue weighted by Gasteiger charge is -2.22. The number of aromatic nitrogens is 2. The van der Waals surface area contributed by atoms with E-state index in [0.717, 1.165) is 24.6 Å². The second kappa shape index (κ2) is 10.2. The zero-order chi connectivity index (χ0) is 16.7. The van der Waals surface area contributed by atoms with Crippen molar-refractivity contribution in [3.8, 4) is 5.88 Å². The normalized spacial score (nSPS) is 10.9. The van der Waals surface area contributed by atoms with Crippen LogP contribution in [-0.2, 0) is 20.1 Å². The van der Waals surface area contributed by atoms with Crippen LogP contribution in [0.3, 0.4) is 0 Å². The van der Waals surface area contributed by atoms with Crippen molar-refractivity contribution in [3.05, 3.63) is 47.9 Å². The molecule has 24 heavy (non-hydrogen) atoms. The smallest absolute Gasteiger partial charge is 0.213 e. The molecule has 0 fully saturated rings. The lowest BCUT2D eigenvalue weighted by Crippen LogP contribution is -2.38. The predicted octanol–water partition coefficient (Wildman–Crippen LogP) is 2.64. The van der Waals surface area contributed by atoms with Crippen LogP contribution in [0, 0.1) is 0 Å². The Kier molecular flexibility index (Phi) is 8.59. The van der Waals surface area contributed by atoms with Gasteiger partial charge < -0.3 is 19.5 Å². The molecule has 1 N–H and O–H groups in total. The van der Waals surface area contributed by atoms with Crippen LogP contribution in [0.1, 0.15) is 18.2 Å². The van der Waals surface area contributed by atoms with Gasteiger partial charge in [0.2, 0.25) is 5.88 Å². The van der Waals surface area contributed by atoms with Crippen molar-refractivity contribution < 1.29 is 4.74 Å². The van der Waals surface area contributed by atoms with Crippen molar-refractivity contribution in [1.29, 1.82) is 0 Å². The van der Waals surface area contributed by atoms with Crippen LogP contribution in [0.4, 0.5) is 0 Å². The number of aryl methyl sites for hydroxylation is 1. The van der Waals surface area contributed by atoms with Crippen LogP contribution in [-0.4, -0.2) is 41.1 Å². The summed E-state index contributed by atoms with van der Waals surface area (Å²) in [5.41, 5.74) is 2.31. The Morgan fingerprint density at radius 2 is 2.21 bits per heavy atom. The molecule has 0 saturated carbocycles. The molecular formula is C17H26IN5O. The SMILES string of the molecule is CCNC(=NCc1ccnc(OC)c1)N(C)Cc1cccn1C.I. The molecule has 7 heteroatoms. The molecule has 0 spiro atoms. The van der Waals surface area contributed by atoms with Crippen LogP contribution < -0.4 is 10.1 Å². The molecule has 0 aliphatic heterocycles. The monoisotopic (exact) mass is 443 g/mol. The maximum Gasteiger partial charge on any atom is 0.213 e. The summed E-state index contributed by atoms with van der Waals surface area (Å²) in [6, 6.07) is 8.03. The first-order chi connectivity index (χ1) is 11.1. The maximum absolute atomic E-state index is 5.15. The number of nitrogens with one attached hydrogen (secondary N) is 1. The highest BCUT2D eigenvalue weighted by Crippen LogP contribution is 2.10. The summed E-state index contributed by atoms with van der Waals surface area (Å²) in [7, 11) is 5.71. The van der Waals surface area contributed by atoms with E-state index in [0.29, 0.717) is 12.4 Å². The van der Waals surface area contributed by atoms with Crippen molar-refractivity contribution in [2.24, 2.45) is 12.0 Å². The van der Waals surface area contributed by atoms with Gasteiger partial charge in [-0.1, -0.05) is 0 Å². The van der Waals surface area contributed by atoms with E-state index >= 15 is 0 Å². The van der Waals surface area contributed by atoms with E-state index in [9.17, 15) is 0 Å². The van der Waals surface area contributed by atoms with Gasteiger partial charge in [0.05, 0.1) is 20.2 Å². The Morgan fingerprint density at radius 3 is 2.83 bits per heavy atom. The minimum atomic E-state index is 0. The molecule has 0 unspecified atom stereocenters. The van der Waals surface area contributed by atoms with Gasteiger partial charge in [0.1, 0.15) is 0 Å². The number of ether oxygens (including phenoxy) is 1. The molecule has 0 bridgehead atoms. The quantitative estimate of drug-likeness (QED) is 0.424. The third kappa shape index (κ3) is 5.70. The highest BCUT2D eigenvalue weighted by molar-refractivity contribution is 14.0. The van der Waals surface area contributed by atoms with Crippen LogP contribution in [0.15, 0.2) is 41.7 Å². The zero-order valence-electron chi connectivity index (χ0n) is 14.7. The van der Waals surface area contributed by atoms with Gasteiger partial charge in [-0.3, -0.25) is 0 Å². The highest BCUT2D eigenvalue weighted by Gasteiger charge is 2.08. The Bertz CT molecular complexity index is 656. The van der Waals surface area contributed by atoms with E-state index in [1.54, 1.807) is 13.3 Å². The van der Waals surface area contributed by atoms with Crippen LogP contribution >= 0.6 is 24.0 Å². The van der Waals surface area contributed by atoms with Gasteiger partial charge in [0.15, 0.2) is 5.96 Å². The summed E-state index contributed by atoms with van der Waals surface area (Å²) in [6.07, 6.45) is 3.79. The Labute approximate surface area is 161 Å². The summed E-state index contributed by atoms with van der Waals surface area (Å²) < 4.78 is 7.27. The van der Waals surface area contributed by atoms with Crippen molar-refractivity contribution in [2.75, 3.05) is 20.7 Å². The fraction of sp³-hybridized carbons (Fsp3) is 0.412. The first kappa shape index (κ1) is 20.3. The van der Waals surface area contributed by atoms with Crippen LogP contribution in [0.25, 0.3) is 0 Å². The molecule has 0 aromatic carbocycles. The number of aliphatic imine (C=N–C) groups is 1. The lowest BCUT2D eigenvalue weighted by atomic mass is 10.3. The van der Waals surface area contributed by atoms with Crippen molar-refractivity contribution in [2.45, 2.75) is 20.0 Å².